The number of carbonyl (C=O) groups is 1. The fourth-order valence-electron chi connectivity index (χ4n) is 6.44. The van der Waals surface area contributed by atoms with Gasteiger partial charge >= 0.3 is 5.97 Å². The van der Waals surface area contributed by atoms with Gasteiger partial charge in [0.2, 0.25) is 0 Å². The standard InChI is InChI=1S/C34H50N2O3/c1-3-5-7-8-9-10-22-39-30-20-21-32-29(23-30)24-35-33(36-32)27-16-12-25(13-17-27)31(11-6-4-2)26-14-18-28(19-15-26)34(37)38/h12-13,16-17,20-21,23,26,28,31,33,35-36H,3-11,14-15,18-19,22,24H2,1-2H3,(H,37,38). The van der Waals surface area contributed by atoms with Crippen molar-refractivity contribution >= 4 is 11.7 Å². The highest BCUT2D eigenvalue weighted by atomic mass is 16.5. The van der Waals surface area contributed by atoms with Gasteiger partial charge in [0.05, 0.1) is 12.5 Å². The van der Waals surface area contributed by atoms with Crippen molar-refractivity contribution in [1.29, 1.82) is 0 Å². The van der Waals surface area contributed by atoms with E-state index in [9.17, 15) is 9.90 Å². The van der Waals surface area contributed by atoms with E-state index in [-0.39, 0.29) is 12.1 Å². The molecule has 2 aromatic carbocycles. The summed E-state index contributed by atoms with van der Waals surface area (Å²) in [5.41, 5.74) is 5.08. The molecule has 1 heterocycles. The van der Waals surface area contributed by atoms with Crippen LogP contribution in [0.25, 0.3) is 0 Å². The highest BCUT2D eigenvalue weighted by Gasteiger charge is 2.31. The fourth-order valence-corrected chi connectivity index (χ4v) is 6.44. The lowest BCUT2D eigenvalue weighted by molar-refractivity contribution is -0.143. The number of carboxylic acid groups (broad SMARTS) is 1. The normalized spacial score (nSPS) is 21.5. The third kappa shape index (κ3) is 8.48. The van der Waals surface area contributed by atoms with Gasteiger partial charge in [0, 0.05) is 12.2 Å². The summed E-state index contributed by atoms with van der Waals surface area (Å²) < 4.78 is 6.04. The summed E-state index contributed by atoms with van der Waals surface area (Å²) in [5, 5.41) is 16.7. The molecule has 5 heteroatoms. The summed E-state index contributed by atoms with van der Waals surface area (Å²) in [6.07, 6.45) is 15.0. The minimum absolute atomic E-state index is 0.0848. The predicted molar refractivity (Wildman–Crippen MR) is 160 cm³/mol. The van der Waals surface area contributed by atoms with Gasteiger partial charge in [-0.1, -0.05) is 83.1 Å². The molecule has 1 aliphatic heterocycles. The first-order valence-corrected chi connectivity index (χ1v) is 15.7. The summed E-state index contributed by atoms with van der Waals surface area (Å²) in [6, 6.07) is 15.6. The van der Waals surface area contributed by atoms with Gasteiger partial charge in [-0.25, -0.2) is 0 Å². The maximum absolute atomic E-state index is 11.4. The molecule has 5 nitrogen and oxygen atoms in total. The number of benzene rings is 2. The zero-order valence-corrected chi connectivity index (χ0v) is 24.2. The Morgan fingerprint density at radius 1 is 0.923 bits per heavy atom. The Hall–Kier alpha value is -2.53. The molecule has 0 aromatic heterocycles. The lowest BCUT2D eigenvalue weighted by Crippen LogP contribution is -2.32. The van der Waals surface area contributed by atoms with Gasteiger partial charge in [-0.05, 0) is 85.3 Å². The van der Waals surface area contributed by atoms with E-state index in [1.54, 1.807) is 0 Å². The maximum Gasteiger partial charge on any atom is 0.306 e. The Labute approximate surface area is 236 Å². The summed E-state index contributed by atoms with van der Waals surface area (Å²) in [4.78, 5) is 11.4. The van der Waals surface area contributed by atoms with Gasteiger partial charge < -0.3 is 15.2 Å². The van der Waals surface area contributed by atoms with E-state index in [1.807, 2.05) is 0 Å². The van der Waals surface area contributed by atoms with E-state index in [2.05, 4.69) is 66.9 Å². The van der Waals surface area contributed by atoms with Crippen molar-refractivity contribution in [1.82, 2.24) is 5.32 Å². The molecule has 214 valence electrons. The van der Waals surface area contributed by atoms with Crippen LogP contribution < -0.4 is 15.4 Å². The third-order valence-corrected chi connectivity index (χ3v) is 8.90. The molecule has 3 N–H and O–H groups in total. The number of hydrogen-bond donors (Lipinski definition) is 3. The van der Waals surface area contributed by atoms with Crippen LogP contribution in [0.5, 0.6) is 5.75 Å². The van der Waals surface area contributed by atoms with Crippen molar-refractivity contribution in [2.24, 2.45) is 11.8 Å². The first kappa shape index (κ1) is 29.5. The maximum atomic E-state index is 11.4. The van der Waals surface area contributed by atoms with Crippen LogP contribution in [0.3, 0.4) is 0 Å². The topological polar surface area (TPSA) is 70.6 Å². The monoisotopic (exact) mass is 534 g/mol. The van der Waals surface area contributed by atoms with E-state index in [4.69, 9.17) is 4.74 Å². The SMILES string of the molecule is CCCCCCCCOc1ccc2c(c1)CNC(c1ccc(C(CCCC)C3CCC(C(=O)O)CC3)cc1)N2. The zero-order chi connectivity index (χ0) is 27.5. The molecule has 2 aliphatic rings. The number of unbranched alkanes of at least 4 members (excludes halogenated alkanes) is 6. The van der Waals surface area contributed by atoms with Gasteiger partial charge in [-0.2, -0.15) is 0 Å². The molecule has 1 saturated carbocycles. The smallest absolute Gasteiger partial charge is 0.306 e. The van der Waals surface area contributed by atoms with Crippen LogP contribution in [-0.2, 0) is 11.3 Å². The van der Waals surface area contributed by atoms with Crippen molar-refractivity contribution in [3.63, 3.8) is 0 Å². The lowest BCUT2D eigenvalue weighted by atomic mass is 9.72. The molecule has 0 saturated heterocycles. The lowest BCUT2D eigenvalue weighted by Gasteiger charge is -2.33. The highest BCUT2D eigenvalue weighted by Crippen LogP contribution is 2.41. The first-order chi connectivity index (χ1) is 19.1. The summed E-state index contributed by atoms with van der Waals surface area (Å²) in [5.74, 6) is 1.31. The number of aliphatic carboxylic acids is 1. The van der Waals surface area contributed by atoms with Gasteiger partial charge in [-0.3, -0.25) is 10.1 Å². The summed E-state index contributed by atoms with van der Waals surface area (Å²) in [7, 11) is 0. The number of ether oxygens (including phenoxy) is 1. The third-order valence-electron chi connectivity index (χ3n) is 8.90. The number of nitrogens with one attached hydrogen (secondary N) is 2. The summed E-state index contributed by atoms with van der Waals surface area (Å²) >= 11 is 0. The minimum atomic E-state index is -0.617. The molecule has 39 heavy (non-hydrogen) atoms. The van der Waals surface area contributed by atoms with Crippen LogP contribution in [0.1, 0.15) is 126 Å². The second-order valence-corrected chi connectivity index (χ2v) is 11.8. The largest absolute Gasteiger partial charge is 0.494 e. The Bertz CT molecular complexity index is 1010. The van der Waals surface area contributed by atoms with Crippen molar-refractivity contribution in [3.8, 4) is 5.75 Å². The van der Waals surface area contributed by atoms with Crippen molar-refractivity contribution in [2.45, 2.75) is 116 Å². The van der Waals surface area contributed by atoms with Crippen molar-refractivity contribution in [3.05, 3.63) is 59.2 Å². The predicted octanol–water partition coefficient (Wildman–Crippen LogP) is 8.80. The number of anilines is 1. The average molecular weight is 535 g/mol. The quantitative estimate of drug-likeness (QED) is 0.199. The molecule has 1 fully saturated rings. The molecule has 2 aromatic rings. The van der Waals surface area contributed by atoms with Crippen LogP contribution in [0.4, 0.5) is 5.69 Å². The molecule has 0 radical (unpaired) electrons. The molecule has 0 spiro atoms. The van der Waals surface area contributed by atoms with Crippen molar-refractivity contribution < 1.29 is 14.6 Å². The van der Waals surface area contributed by atoms with Crippen LogP contribution in [-0.4, -0.2) is 17.7 Å². The number of carboxylic acids is 1. The molecule has 4 rings (SSSR count). The van der Waals surface area contributed by atoms with E-state index >= 15 is 0 Å². The van der Waals surface area contributed by atoms with Crippen LogP contribution in [0, 0.1) is 11.8 Å². The summed E-state index contributed by atoms with van der Waals surface area (Å²) in [6.45, 7) is 6.12. The fraction of sp³-hybridized carbons (Fsp3) is 0.618. The number of fused-ring (bicyclic) bond motifs is 1. The molecule has 0 bridgehead atoms. The second-order valence-electron chi connectivity index (χ2n) is 11.8. The Balaban J connectivity index is 1.31. The molecule has 2 unspecified atom stereocenters. The van der Waals surface area contributed by atoms with E-state index < -0.39 is 5.97 Å². The Kier molecular flexibility index (Phi) is 11.6. The molecular formula is C34H50N2O3. The zero-order valence-electron chi connectivity index (χ0n) is 24.2. The van der Waals surface area contributed by atoms with Crippen LogP contribution in [0.2, 0.25) is 0 Å². The minimum Gasteiger partial charge on any atom is -0.494 e. The Morgan fingerprint density at radius 3 is 2.36 bits per heavy atom. The van der Waals surface area contributed by atoms with Gasteiger partial charge in [-0.15, -0.1) is 0 Å². The van der Waals surface area contributed by atoms with Crippen LogP contribution >= 0.6 is 0 Å². The number of rotatable bonds is 15. The molecule has 1 aliphatic carbocycles. The first-order valence-electron chi connectivity index (χ1n) is 15.7. The average Bonchev–Trinajstić information content (AvgIpc) is 2.97. The van der Waals surface area contributed by atoms with Gasteiger partial charge in [0.25, 0.3) is 0 Å². The number of hydrogen-bond acceptors (Lipinski definition) is 4. The van der Waals surface area contributed by atoms with E-state index in [0.717, 1.165) is 51.0 Å². The Morgan fingerprint density at radius 2 is 1.64 bits per heavy atom. The van der Waals surface area contributed by atoms with Gasteiger partial charge in [0.15, 0.2) is 0 Å². The van der Waals surface area contributed by atoms with Gasteiger partial charge in [0.1, 0.15) is 11.9 Å². The molecule has 2 atom stereocenters. The van der Waals surface area contributed by atoms with E-state index in [1.165, 1.54) is 73.7 Å². The van der Waals surface area contributed by atoms with Crippen LogP contribution in [0.15, 0.2) is 42.5 Å². The highest BCUT2D eigenvalue weighted by molar-refractivity contribution is 5.70. The second kappa shape index (κ2) is 15.3. The molecule has 0 amide bonds. The molecular weight excluding hydrogens is 484 g/mol. The van der Waals surface area contributed by atoms with Crippen molar-refractivity contribution in [2.75, 3.05) is 11.9 Å². The van der Waals surface area contributed by atoms with E-state index in [0.29, 0.717) is 11.8 Å².